The molecule has 8 heteroatoms. The fraction of sp³-hybridized carbons (Fsp3) is 0.385. The first-order chi connectivity index (χ1) is 9.90. The number of aliphatic hydroxyl groups excluding tert-OH is 1. The maximum Gasteiger partial charge on any atom is 0.293 e. The van der Waals surface area contributed by atoms with Crippen LogP contribution in [0.1, 0.15) is 20.3 Å². The van der Waals surface area contributed by atoms with Crippen molar-refractivity contribution in [2.24, 2.45) is 0 Å². The summed E-state index contributed by atoms with van der Waals surface area (Å²) in [6.45, 7) is 3.44. The third-order valence-electron chi connectivity index (χ3n) is 3.52. The van der Waals surface area contributed by atoms with Crippen LogP contribution in [0.2, 0.25) is 0 Å². The van der Waals surface area contributed by atoms with Gasteiger partial charge in [0.2, 0.25) is 0 Å². The van der Waals surface area contributed by atoms with E-state index in [2.05, 4.69) is 15.3 Å². The van der Waals surface area contributed by atoms with Gasteiger partial charge in [-0.2, -0.15) is 0 Å². The first-order valence-electron chi connectivity index (χ1n) is 6.45. The van der Waals surface area contributed by atoms with E-state index in [1.807, 2.05) is 6.92 Å². The van der Waals surface area contributed by atoms with E-state index in [1.165, 1.54) is 18.5 Å². The Hall–Kier alpha value is -2.48. The Bertz CT molecular complexity index is 737. The number of benzene rings is 1. The monoisotopic (exact) mass is 292 g/mol. The zero-order valence-electron chi connectivity index (χ0n) is 11.7. The number of nitro groups is 1. The van der Waals surface area contributed by atoms with Crippen LogP contribution in [0, 0.1) is 10.1 Å². The van der Waals surface area contributed by atoms with E-state index in [4.69, 9.17) is 0 Å². The summed E-state index contributed by atoms with van der Waals surface area (Å²) in [5.74, 6) is 0. The van der Waals surface area contributed by atoms with Crippen LogP contribution in [0.5, 0.6) is 0 Å². The molecule has 0 amide bonds. The van der Waals surface area contributed by atoms with Crippen molar-refractivity contribution in [3.63, 3.8) is 0 Å². The van der Waals surface area contributed by atoms with Gasteiger partial charge in [-0.25, -0.2) is 4.98 Å². The van der Waals surface area contributed by atoms with Gasteiger partial charge in [0.25, 0.3) is 11.2 Å². The minimum absolute atomic E-state index is 0.150. The van der Waals surface area contributed by atoms with Crippen LogP contribution in [0.4, 0.5) is 11.4 Å². The lowest BCUT2D eigenvalue weighted by atomic mass is 9.99. The summed E-state index contributed by atoms with van der Waals surface area (Å²) >= 11 is 0. The van der Waals surface area contributed by atoms with Crippen LogP contribution < -0.4 is 10.9 Å². The lowest BCUT2D eigenvalue weighted by Gasteiger charge is -2.28. The summed E-state index contributed by atoms with van der Waals surface area (Å²) in [5.41, 5.74) is -0.781. The van der Waals surface area contributed by atoms with Crippen molar-refractivity contribution in [3.8, 4) is 0 Å². The molecular formula is C13H16N4O4. The van der Waals surface area contributed by atoms with Crippen LogP contribution in [0.25, 0.3) is 10.9 Å². The number of hydrogen-bond acceptors (Lipinski definition) is 6. The van der Waals surface area contributed by atoms with E-state index in [-0.39, 0.29) is 23.4 Å². The first-order valence-corrected chi connectivity index (χ1v) is 6.45. The number of nitro benzene ring substituents is 1. The molecule has 0 radical (unpaired) electrons. The molecule has 2 rings (SSSR count). The number of aromatic amines is 1. The molecule has 0 aliphatic rings. The van der Waals surface area contributed by atoms with Gasteiger partial charge in [-0.05, 0) is 19.4 Å². The molecular weight excluding hydrogens is 276 g/mol. The zero-order chi connectivity index (χ0) is 15.6. The van der Waals surface area contributed by atoms with Gasteiger partial charge in [0, 0.05) is 6.07 Å². The average Bonchev–Trinajstić information content (AvgIpc) is 2.46. The maximum absolute atomic E-state index is 11.7. The van der Waals surface area contributed by atoms with E-state index >= 15 is 0 Å². The second-order valence-corrected chi connectivity index (χ2v) is 5.07. The highest BCUT2D eigenvalue weighted by Crippen LogP contribution is 2.30. The van der Waals surface area contributed by atoms with Crippen molar-refractivity contribution in [2.75, 3.05) is 11.9 Å². The molecule has 1 atom stereocenters. The highest BCUT2D eigenvalue weighted by atomic mass is 16.6. The first kappa shape index (κ1) is 14.9. The van der Waals surface area contributed by atoms with Gasteiger partial charge >= 0.3 is 0 Å². The number of aliphatic hydroxyl groups is 1. The molecule has 0 saturated heterocycles. The SMILES string of the molecule is CCC(C)(CO)Nc1cc2nc[nH]c(=O)c2cc1[N+](=O)[O-]. The zero-order valence-corrected chi connectivity index (χ0v) is 11.7. The number of nitrogens with zero attached hydrogens (tertiary/aromatic N) is 2. The molecule has 0 bridgehead atoms. The molecule has 1 heterocycles. The van der Waals surface area contributed by atoms with Crippen LogP contribution in [-0.4, -0.2) is 32.1 Å². The Kier molecular flexibility index (Phi) is 3.90. The van der Waals surface area contributed by atoms with Gasteiger partial charge in [-0.1, -0.05) is 6.92 Å². The lowest BCUT2D eigenvalue weighted by molar-refractivity contribution is -0.383. The Morgan fingerprint density at radius 2 is 2.24 bits per heavy atom. The summed E-state index contributed by atoms with van der Waals surface area (Å²) in [5, 5.41) is 23.8. The fourth-order valence-electron chi connectivity index (χ4n) is 1.92. The Balaban J connectivity index is 2.64. The molecule has 2 aromatic rings. The number of anilines is 1. The summed E-state index contributed by atoms with van der Waals surface area (Å²) in [6, 6.07) is 2.64. The topological polar surface area (TPSA) is 121 Å². The average molecular weight is 292 g/mol. The van der Waals surface area contributed by atoms with Gasteiger partial charge in [-0.3, -0.25) is 14.9 Å². The lowest BCUT2D eigenvalue weighted by Crippen LogP contribution is -2.38. The quantitative estimate of drug-likeness (QED) is 0.565. The summed E-state index contributed by atoms with van der Waals surface area (Å²) < 4.78 is 0. The third kappa shape index (κ3) is 2.84. The Morgan fingerprint density at radius 3 is 2.81 bits per heavy atom. The third-order valence-corrected chi connectivity index (χ3v) is 3.52. The van der Waals surface area contributed by atoms with Crippen molar-refractivity contribution in [1.82, 2.24) is 9.97 Å². The van der Waals surface area contributed by atoms with Crippen molar-refractivity contribution in [2.45, 2.75) is 25.8 Å². The number of aromatic nitrogens is 2. The van der Waals surface area contributed by atoms with E-state index < -0.39 is 16.0 Å². The van der Waals surface area contributed by atoms with Gasteiger partial charge in [0.05, 0.1) is 34.3 Å². The van der Waals surface area contributed by atoms with Gasteiger partial charge in [-0.15, -0.1) is 0 Å². The van der Waals surface area contributed by atoms with Gasteiger partial charge < -0.3 is 15.4 Å². The number of fused-ring (bicyclic) bond motifs is 1. The summed E-state index contributed by atoms with van der Waals surface area (Å²) in [4.78, 5) is 28.7. The molecule has 112 valence electrons. The Morgan fingerprint density at radius 1 is 1.52 bits per heavy atom. The second-order valence-electron chi connectivity index (χ2n) is 5.07. The number of nitrogens with one attached hydrogen (secondary N) is 2. The predicted molar refractivity (Wildman–Crippen MR) is 78.4 cm³/mol. The van der Waals surface area contributed by atoms with E-state index in [0.29, 0.717) is 11.9 Å². The molecule has 0 aliphatic heterocycles. The van der Waals surface area contributed by atoms with Crippen LogP contribution >= 0.6 is 0 Å². The molecule has 0 saturated carbocycles. The van der Waals surface area contributed by atoms with Crippen molar-refractivity contribution < 1.29 is 10.0 Å². The highest BCUT2D eigenvalue weighted by molar-refractivity contribution is 5.86. The highest BCUT2D eigenvalue weighted by Gasteiger charge is 2.25. The van der Waals surface area contributed by atoms with Crippen LogP contribution in [0.15, 0.2) is 23.3 Å². The Labute approximate surface area is 120 Å². The fourth-order valence-corrected chi connectivity index (χ4v) is 1.92. The van der Waals surface area contributed by atoms with Crippen molar-refractivity contribution in [3.05, 3.63) is 38.9 Å². The molecule has 1 aromatic heterocycles. The number of H-pyrrole nitrogens is 1. The van der Waals surface area contributed by atoms with Crippen LogP contribution in [0.3, 0.4) is 0 Å². The number of rotatable bonds is 5. The standard InChI is InChI=1S/C13H16N4O4/c1-3-13(2,6-18)16-10-5-9-8(4-11(10)17(20)21)12(19)15-7-14-9/h4-5,7,16,18H,3,6H2,1-2H3,(H,14,15,19). The van der Waals surface area contributed by atoms with Gasteiger partial charge in [0.15, 0.2) is 0 Å². The largest absolute Gasteiger partial charge is 0.394 e. The molecule has 1 unspecified atom stereocenters. The molecule has 0 fully saturated rings. The molecule has 3 N–H and O–H groups in total. The summed E-state index contributed by atoms with van der Waals surface area (Å²) in [6.07, 6.45) is 1.81. The molecule has 0 aliphatic carbocycles. The molecule has 21 heavy (non-hydrogen) atoms. The van der Waals surface area contributed by atoms with E-state index in [9.17, 15) is 20.0 Å². The second kappa shape index (κ2) is 5.49. The van der Waals surface area contributed by atoms with Crippen LogP contribution in [-0.2, 0) is 0 Å². The maximum atomic E-state index is 11.7. The summed E-state index contributed by atoms with van der Waals surface area (Å²) in [7, 11) is 0. The smallest absolute Gasteiger partial charge is 0.293 e. The van der Waals surface area contributed by atoms with Crippen molar-refractivity contribution in [1.29, 1.82) is 0 Å². The van der Waals surface area contributed by atoms with Crippen molar-refractivity contribution >= 4 is 22.3 Å². The molecule has 0 spiro atoms. The minimum Gasteiger partial charge on any atom is -0.394 e. The molecule has 8 nitrogen and oxygen atoms in total. The molecule has 1 aromatic carbocycles. The van der Waals surface area contributed by atoms with E-state index in [1.54, 1.807) is 6.92 Å². The minimum atomic E-state index is -0.695. The van der Waals surface area contributed by atoms with E-state index in [0.717, 1.165) is 0 Å². The van der Waals surface area contributed by atoms with Gasteiger partial charge in [0.1, 0.15) is 5.69 Å². The number of hydrogen-bond donors (Lipinski definition) is 3. The predicted octanol–water partition coefficient (Wildman–Crippen LogP) is 1.40. The normalized spacial score (nSPS) is 13.9.